The lowest BCUT2D eigenvalue weighted by atomic mass is 9.87. The van der Waals surface area contributed by atoms with E-state index in [-0.39, 0.29) is 11.2 Å². The standard InChI is InChI=1S/C22H27FN4O2/c1-2-24-21(27-11-8-22(15-27)9-12-28-16-22)26-14-17-5-4-10-25-20(17)29-19-7-3-6-18(23)13-19/h3-7,10,13H,2,8-9,11-12,14-16H2,1H3,(H,24,26). The smallest absolute Gasteiger partial charge is 0.224 e. The van der Waals surface area contributed by atoms with Gasteiger partial charge in [0, 0.05) is 49.5 Å². The number of hydrogen-bond acceptors (Lipinski definition) is 4. The van der Waals surface area contributed by atoms with Crippen molar-refractivity contribution in [3.05, 3.63) is 54.0 Å². The highest BCUT2D eigenvalue weighted by Crippen LogP contribution is 2.38. The van der Waals surface area contributed by atoms with E-state index >= 15 is 0 Å². The van der Waals surface area contributed by atoms with Gasteiger partial charge in [-0.15, -0.1) is 0 Å². The quantitative estimate of drug-likeness (QED) is 0.616. The molecule has 154 valence electrons. The zero-order valence-corrected chi connectivity index (χ0v) is 16.7. The monoisotopic (exact) mass is 398 g/mol. The highest BCUT2D eigenvalue weighted by atomic mass is 19.1. The van der Waals surface area contributed by atoms with Crippen molar-refractivity contribution < 1.29 is 13.9 Å². The summed E-state index contributed by atoms with van der Waals surface area (Å²) in [5, 5.41) is 3.40. The second kappa shape index (κ2) is 8.78. The van der Waals surface area contributed by atoms with Gasteiger partial charge in [-0.2, -0.15) is 0 Å². The summed E-state index contributed by atoms with van der Waals surface area (Å²) >= 11 is 0. The zero-order chi connectivity index (χ0) is 20.1. The summed E-state index contributed by atoms with van der Waals surface area (Å²) in [6.07, 6.45) is 3.92. The van der Waals surface area contributed by atoms with Gasteiger partial charge >= 0.3 is 0 Å². The first-order valence-corrected chi connectivity index (χ1v) is 10.2. The number of aromatic nitrogens is 1. The molecule has 29 heavy (non-hydrogen) atoms. The van der Waals surface area contributed by atoms with Gasteiger partial charge in [0.2, 0.25) is 5.88 Å². The predicted molar refractivity (Wildman–Crippen MR) is 110 cm³/mol. The van der Waals surface area contributed by atoms with E-state index in [9.17, 15) is 4.39 Å². The van der Waals surface area contributed by atoms with Crippen LogP contribution in [0.2, 0.25) is 0 Å². The molecule has 2 saturated heterocycles. The molecule has 2 fully saturated rings. The summed E-state index contributed by atoms with van der Waals surface area (Å²) < 4.78 is 24.9. The molecule has 1 atom stereocenters. The van der Waals surface area contributed by atoms with Gasteiger partial charge in [-0.05, 0) is 38.0 Å². The lowest BCUT2D eigenvalue weighted by Crippen LogP contribution is -2.41. The molecule has 2 aliphatic rings. The number of halogens is 1. The Morgan fingerprint density at radius 3 is 3.07 bits per heavy atom. The first-order chi connectivity index (χ1) is 14.2. The van der Waals surface area contributed by atoms with Crippen LogP contribution < -0.4 is 10.1 Å². The Labute approximate surface area is 170 Å². The van der Waals surface area contributed by atoms with Gasteiger partial charge in [0.15, 0.2) is 5.96 Å². The molecule has 4 rings (SSSR count). The van der Waals surface area contributed by atoms with Crippen molar-refractivity contribution in [2.75, 3.05) is 32.8 Å². The minimum atomic E-state index is -0.341. The SMILES string of the molecule is CCNC(=NCc1cccnc1Oc1cccc(F)c1)N1CCC2(CCOC2)C1. The van der Waals surface area contributed by atoms with E-state index in [4.69, 9.17) is 14.5 Å². The van der Waals surface area contributed by atoms with Crippen molar-refractivity contribution in [3.8, 4) is 11.6 Å². The van der Waals surface area contributed by atoms with Crippen LogP contribution in [0.3, 0.4) is 0 Å². The molecule has 6 nitrogen and oxygen atoms in total. The number of nitrogens with zero attached hydrogens (tertiary/aromatic N) is 3. The van der Waals surface area contributed by atoms with Gasteiger partial charge in [0.1, 0.15) is 11.6 Å². The zero-order valence-electron chi connectivity index (χ0n) is 16.7. The Morgan fingerprint density at radius 2 is 2.28 bits per heavy atom. The summed E-state index contributed by atoms with van der Waals surface area (Å²) in [4.78, 5) is 11.5. The van der Waals surface area contributed by atoms with Gasteiger partial charge < -0.3 is 19.7 Å². The van der Waals surface area contributed by atoms with Crippen LogP contribution >= 0.6 is 0 Å². The van der Waals surface area contributed by atoms with E-state index in [1.807, 2.05) is 12.1 Å². The average Bonchev–Trinajstić information content (AvgIpc) is 3.36. The molecule has 1 unspecified atom stereocenters. The van der Waals surface area contributed by atoms with E-state index in [0.717, 1.165) is 57.2 Å². The minimum Gasteiger partial charge on any atom is -0.439 e. The van der Waals surface area contributed by atoms with Crippen LogP contribution in [0.1, 0.15) is 25.3 Å². The third kappa shape index (κ3) is 4.67. The summed E-state index contributed by atoms with van der Waals surface area (Å²) in [6.45, 7) is 6.96. The molecule has 3 heterocycles. The van der Waals surface area contributed by atoms with E-state index in [1.165, 1.54) is 12.1 Å². The molecule has 1 aromatic heterocycles. The molecule has 1 N–H and O–H groups in total. The maximum absolute atomic E-state index is 13.5. The summed E-state index contributed by atoms with van der Waals surface area (Å²) in [5.41, 5.74) is 1.13. The van der Waals surface area contributed by atoms with E-state index < -0.39 is 0 Å². The molecular formula is C22H27FN4O2. The molecule has 7 heteroatoms. The molecule has 0 saturated carbocycles. The number of ether oxygens (including phenoxy) is 2. The topological polar surface area (TPSA) is 59.0 Å². The molecule has 0 radical (unpaired) electrons. The van der Waals surface area contributed by atoms with E-state index in [2.05, 4.69) is 22.1 Å². The van der Waals surface area contributed by atoms with E-state index in [1.54, 1.807) is 18.3 Å². The lowest BCUT2D eigenvalue weighted by molar-refractivity contribution is 0.156. The number of pyridine rings is 1. The van der Waals surface area contributed by atoms with Crippen LogP contribution in [0, 0.1) is 11.2 Å². The molecule has 0 amide bonds. The highest BCUT2D eigenvalue weighted by Gasteiger charge is 2.42. The van der Waals surface area contributed by atoms with Crippen molar-refractivity contribution in [2.45, 2.75) is 26.3 Å². The number of rotatable bonds is 5. The van der Waals surface area contributed by atoms with E-state index in [0.29, 0.717) is 18.2 Å². The fraction of sp³-hybridized carbons (Fsp3) is 0.455. The summed E-state index contributed by atoms with van der Waals surface area (Å²) in [7, 11) is 0. The normalized spacial score (nSPS) is 21.7. The lowest BCUT2D eigenvalue weighted by Gasteiger charge is -2.25. The Hall–Kier alpha value is -2.67. The van der Waals surface area contributed by atoms with Crippen molar-refractivity contribution in [2.24, 2.45) is 10.4 Å². The Bertz CT molecular complexity index is 867. The van der Waals surface area contributed by atoms with Crippen molar-refractivity contribution in [3.63, 3.8) is 0 Å². The maximum atomic E-state index is 13.5. The maximum Gasteiger partial charge on any atom is 0.224 e. The molecule has 1 spiro atoms. The second-order valence-corrected chi connectivity index (χ2v) is 7.67. The molecule has 2 aliphatic heterocycles. The largest absolute Gasteiger partial charge is 0.439 e. The first kappa shape index (κ1) is 19.6. The number of hydrogen-bond donors (Lipinski definition) is 1. The van der Waals surface area contributed by atoms with Crippen LogP contribution in [0.5, 0.6) is 11.6 Å². The molecular weight excluding hydrogens is 371 g/mol. The summed E-state index contributed by atoms with van der Waals surface area (Å²) in [5.74, 6) is 1.42. The van der Waals surface area contributed by atoms with Crippen LogP contribution in [-0.2, 0) is 11.3 Å². The number of nitrogens with one attached hydrogen (secondary N) is 1. The Morgan fingerprint density at radius 1 is 1.34 bits per heavy atom. The second-order valence-electron chi connectivity index (χ2n) is 7.67. The van der Waals surface area contributed by atoms with Crippen molar-refractivity contribution in [1.29, 1.82) is 0 Å². The minimum absolute atomic E-state index is 0.274. The fourth-order valence-corrected chi connectivity index (χ4v) is 3.95. The Kier molecular flexibility index (Phi) is 5.94. The molecule has 1 aromatic carbocycles. The number of benzene rings is 1. The predicted octanol–water partition coefficient (Wildman–Crippen LogP) is 3.59. The van der Waals surface area contributed by atoms with Gasteiger partial charge in [-0.1, -0.05) is 12.1 Å². The number of guanidine groups is 1. The molecule has 0 aliphatic carbocycles. The van der Waals surface area contributed by atoms with Crippen LogP contribution in [0.4, 0.5) is 4.39 Å². The highest BCUT2D eigenvalue weighted by molar-refractivity contribution is 5.80. The van der Waals surface area contributed by atoms with Crippen LogP contribution in [-0.4, -0.2) is 48.7 Å². The fourth-order valence-electron chi connectivity index (χ4n) is 3.95. The van der Waals surface area contributed by atoms with Gasteiger partial charge in [-0.25, -0.2) is 14.4 Å². The Balaban J connectivity index is 1.49. The van der Waals surface area contributed by atoms with Gasteiger partial charge in [0.25, 0.3) is 0 Å². The van der Waals surface area contributed by atoms with Gasteiger partial charge in [0.05, 0.1) is 13.2 Å². The third-order valence-corrected chi connectivity index (χ3v) is 5.52. The van der Waals surface area contributed by atoms with Crippen LogP contribution in [0.15, 0.2) is 47.6 Å². The van der Waals surface area contributed by atoms with Crippen molar-refractivity contribution >= 4 is 5.96 Å². The molecule has 0 bridgehead atoms. The van der Waals surface area contributed by atoms with Crippen LogP contribution in [0.25, 0.3) is 0 Å². The van der Waals surface area contributed by atoms with Gasteiger partial charge in [-0.3, -0.25) is 0 Å². The third-order valence-electron chi connectivity index (χ3n) is 5.52. The molecule has 2 aromatic rings. The average molecular weight is 398 g/mol. The number of likely N-dealkylation sites (tertiary alicyclic amines) is 1. The first-order valence-electron chi connectivity index (χ1n) is 10.2. The summed E-state index contributed by atoms with van der Waals surface area (Å²) in [6, 6.07) is 9.85. The van der Waals surface area contributed by atoms with Crippen molar-refractivity contribution in [1.82, 2.24) is 15.2 Å². The number of aliphatic imine (C=N–C) groups is 1.